The van der Waals surface area contributed by atoms with Crippen molar-refractivity contribution in [3.05, 3.63) is 35.9 Å². The van der Waals surface area contributed by atoms with Gasteiger partial charge in [-0.1, -0.05) is 37.3 Å². The van der Waals surface area contributed by atoms with Gasteiger partial charge in [0.25, 0.3) is 0 Å². The number of rotatable bonds is 6. The maximum absolute atomic E-state index is 12.5. The Kier molecular flexibility index (Phi) is 6.08. The van der Waals surface area contributed by atoms with E-state index < -0.39 is 0 Å². The molecule has 0 spiro atoms. The third-order valence-electron chi connectivity index (χ3n) is 5.41. The maximum Gasteiger partial charge on any atom is 0.236 e. The van der Waals surface area contributed by atoms with Gasteiger partial charge in [0.1, 0.15) is 0 Å². The van der Waals surface area contributed by atoms with E-state index in [2.05, 4.69) is 24.4 Å². The van der Waals surface area contributed by atoms with Crippen molar-refractivity contribution in [2.45, 2.75) is 38.6 Å². The van der Waals surface area contributed by atoms with Crippen LogP contribution in [-0.4, -0.2) is 54.3 Å². The molecule has 2 aliphatic rings. The van der Waals surface area contributed by atoms with E-state index in [-0.39, 0.29) is 17.9 Å². The number of nitrogens with one attached hydrogen (secondary N) is 1. The van der Waals surface area contributed by atoms with Gasteiger partial charge in [0.2, 0.25) is 11.8 Å². The summed E-state index contributed by atoms with van der Waals surface area (Å²) >= 11 is 0. The Morgan fingerprint density at radius 1 is 1.20 bits per heavy atom. The lowest BCUT2D eigenvalue weighted by molar-refractivity contribution is -0.131. The molecule has 2 aliphatic heterocycles. The zero-order valence-electron chi connectivity index (χ0n) is 15.1. The molecule has 5 heteroatoms. The SMILES string of the molecule is CC1CCN(C(=O)CN[C@@H](CN2CCCC2=O)c2ccccc2)CC1. The van der Waals surface area contributed by atoms with Gasteiger partial charge in [0.15, 0.2) is 0 Å². The molecule has 0 aromatic heterocycles. The number of amides is 2. The topological polar surface area (TPSA) is 52.7 Å². The van der Waals surface area contributed by atoms with Gasteiger partial charge in [0.05, 0.1) is 12.6 Å². The summed E-state index contributed by atoms with van der Waals surface area (Å²) in [6.07, 6.45) is 3.77. The van der Waals surface area contributed by atoms with Crippen LogP contribution >= 0.6 is 0 Å². The van der Waals surface area contributed by atoms with E-state index in [9.17, 15) is 9.59 Å². The number of carbonyl (C=O) groups is 2. The molecule has 25 heavy (non-hydrogen) atoms. The third kappa shape index (κ3) is 4.82. The van der Waals surface area contributed by atoms with E-state index in [4.69, 9.17) is 0 Å². The van der Waals surface area contributed by atoms with Crippen molar-refractivity contribution in [1.29, 1.82) is 0 Å². The Hall–Kier alpha value is -1.88. The fourth-order valence-corrected chi connectivity index (χ4v) is 3.67. The molecule has 2 fully saturated rings. The minimum atomic E-state index is -0.00378. The standard InChI is InChI=1S/C20H29N3O2/c1-16-9-12-22(13-10-16)20(25)14-21-18(17-6-3-2-4-7-17)15-23-11-5-8-19(23)24/h2-4,6-7,16,18,21H,5,8-15H2,1H3/t18-/m0/s1. The monoisotopic (exact) mass is 343 g/mol. The van der Waals surface area contributed by atoms with Crippen LogP contribution in [0.25, 0.3) is 0 Å². The first-order chi connectivity index (χ1) is 12.1. The highest BCUT2D eigenvalue weighted by molar-refractivity contribution is 5.79. The molecular weight excluding hydrogens is 314 g/mol. The average molecular weight is 343 g/mol. The summed E-state index contributed by atoms with van der Waals surface area (Å²) in [7, 11) is 0. The Balaban J connectivity index is 1.59. The lowest BCUT2D eigenvalue weighted by Gasteiger charge is -2.31. The fraction of sp³-hybridized carbons (Fsp3) is 0.600. The minimum Gasteiger partial charge on any atom is -0.342 e. The molecule has 2 heterocycles. The summed E-state index contributed by atoms with van der Waals surface area (Å²) in [5.41, 5.74) is 1.13. The predicted octanol–water partition coefficient (Wildman–Crippen LogP) is 2.20. The number of carbonyl (C=O) groups excluding carboxylic acids is 2. The van der Waals surface area contributed by atoms with E-state index >= 15 is 0 Å². The molecular formula is C20H29N3O2. The second-order valence-electron chi connectivity index (χ2n) is 7.35. The molecule has 5 nitrogen and oxygen atoms in total. The van der Waals surface area contributed by atoms with Crippen LogP contribution in [0.4, 0.5) is 0 Å². The normalized spacial score (nSPS) is 20.1. The predicted molar refractivity (Wildman–Crippen MR) is 98.0 cm³/mol. The Labute approximate surface area is 150 Å². The van der Waals surface area contributed by atoms with Crippen LogP contribution < -0.4 is 5.32 Å². The summed E-state index contributed by atoms with van der Waals surface area (Å²) in [6, 6.07) is 10.1. The Morgan fingerprint density at radius 3 is 2.56 bits per heavy atom. The van der Waals surface area contributed by atoms with Crippen LogP contribution in [0.3, 0.4) is 0 Å². The molecule has 0 unspecified atom stereocenters. The molecule has 1 atom stereocenters. The number of piperidine rings is 1. The fourth-order valence-electron chi connectivity index (χ4n) is 3.67. The van der Waals surface area contributed by atoms with Crippen molar-refractivity contribution in [1.82, 2.24) is 15.1 Å². The van der Waals surface area contributed by atoms with E-state index in [1.165, 1.54) is 0 Å². The Bertz CT molecular complexity index is 582. The number of likely N-dealkylation sites (tertiary alicyclic amines) is 2. The highest BCUT2D eigenvalue weighted by atomic mass is 16.2. The van der Waals surface area contributed by atoms with Crippen LogP contribution in [0.15, 0.2) is 30.3 Å². The molecule has 0 bridgehead atoms. The van der Waals surface area contributed by atoms with Crippen LogP contribution in [0.2, 0.25) is 0 Å². The van der Waals surface area contributed by atoms with Gasteiger partial charge in [0, 0.05) is 32.6 Å². The van der Waals surface area contributed by atoms with Gasteiger partial charge < -0.3 is 9.80 Å². The largest absolute Gasteiger partial charge is 0.342 e. The highest BCUT2D eigenvalue weighted by Crippen LogP contribution is 2.19. The molecule has 1 N–H and O–H groups in total. The van der Waals surface area contributed by atoms with Gasteiger partial charge in [-0.3, -0.25) is 14.9 Å². The molecule has 1 aromatic rings. The van der Waals surface area contributed by atoms with Gasteiger partial charge >= 0.3 is 0 Å². The molecule has 0 radical (unpaired) electrons. The van der Waals surface area contributed by atoms with Gasteiger partial charge in [-0.05, 0) is 30.7 Å². The van der Waals surface area contributed by atoms with Crippen LogP contribution in [0.1, 0.15) is 44.2 Å². The van der Waals surface area contributed by atoms with Gasteiger partial charge in [-0.15, -0.1) is 0 Å². The minimum absolute atomic E-state index is 0.00378. The quantitative estimate of drug-likeness (QED) is 0.861. The number of hydrogen-bond acceptors (Lipinski definition) is 3. The highest BCUT2D eigenvalue weighted by Gasteiger charge is 2.25. The van der Waals surface area contributed by atoms with Gasteiger partial charge in [-0.2, -0.15) is 0 Å². The van der Waals surface area contributed by atoms with Crippen molar-refractivity contribution in [2.75, 3.05) is 32.7 Å². The van der Waals surface area contributed by atoms with Crippen molar-refractivity contribution in [2.24, 2.45) is 5.92 Å². The number of benzene rings is 1. The summed E-state index contributed by atoms with van der Waals surface area (Å²) in [5, 5.41) is 3.41. The van der Waals surface area contributed by atoms with E-state index in [0.717, 1.165) is 50.4 Å². The van der Waals surface area contributed by atoms with Gasteiger partial charge in [-0.25, -0.2) is 0 Å². The van der Waals surface area contributed by atoms with Crippen molar-refractivity contribution in [3.63, 3.8) is 0 Å². The second kappa shape index (κ2) is 8.48. The number of nitrogens with zero attached hydrogens (tertiary/aromatic N) is 2. The van der Waals surface area contributed by atoms with Crippen molar-refractivity contribution >= 4 is 11.8 Å². The molecule has 2 amide bonds. The summed E-state index contributed by atoms with van der Waals surface area (Å²) in [5.74, 6) is 1.11. The second-order valence-corrected chi connectivity index (χ2v) is 7.35. The third-order valence-corrected chi connectivity index (χ3v) is 5.41. The summed E-state index contributed by atoms with van der Waals surface area (Å²) < 4.78 is 0. The maximum atomic E-state index is 12.5. The average Bonchev–Trinajstić information content (AvgIpc) is 3.04. The lowest BCUT2D eigenvalue weighted by Crippen LogP contribution is -2.45. The molecule has 136 valence electrons. The zero-order valence-corrected chi connectivity index (χ0v) is 15.1. The van der Waals surface area contributed by atoms with E-state index in [0.29, 0.717) is 19.5 Å². The molecule has 2 saturated heterocycles. The molecule has 3 rings (SSSR count). The zero-order chi connectivity index (χ0) is 17.6. The lowest BCUT2D eigenvalue weighted by atomic mass is 9.99. The first kappa shape index (κ1) is 17.9. The van der Waals surface area contributed by atoms with Crippen molar-refractivity contribution < 1.29 is 9.59 Å². The molecule has 0 aliphatic carbocycles. The molecule has 1 aromatic carbocycles. The summed E-state index contributed by atoms with van der Waals surface area (Å²) in [4.78, 5) is 28.4. The first-order valence-corrected chi connectivity index (χ1v) is 9.47. The Morgan fingerprint density at radius 2 is 1.92 bits per heavy atom. The van der Waals surface area contributed by atoms with Crippen LogP contribution in [0.5, 0.6) is 0 Å². The van der Waals surface area contributed by atoms with Crippen LogP contribution in [0, 0.1) is 5.92 Å². The van der Waals surface area contributed by atoms with E-state index in [1.54, 1.807) is 0 Å². The summed E-state index contributed by atoms with van der Waals surface area (Å²) in [6.45, 7) is 5.76. The first-order valence-electron chi connectivity index (χ1n) is 9.47. The molecule has 0 saturated carbocycles. The number of hydrogen-bond donors (Lipinski definition) is 1. The van der Waals surface area contributed by atoms with Crippen molar-refractivity contribution in [3.8, 4) is 0 Å². The van der Waals surface area contributed by atoms with E-state index in [1.807, 2.05) is 28.0 Å². The smallest absolute Gasteiger partial charge is 0.236 e. The van der Waals surface area contributed by atoms with Crippen LogP contribution in [-0.2, 0) is 9.59 Å².